The minimum atomic E-state index is -0.293. The van der Waals surface area contributed by atoms with Crippen LogP contribution in [0.4, 0.5) is 0 Å². The molecule has 1 aromatic rings. The van der Waals surface area contributed by atoms with Crippen LogP contribution in [-0.2, 0) is 4.79 Å². The number of amides is 1. The van der Waals surface area contributed by atoms with Crippen molar-refractivity contribution in [1.82, 2.24) is 5.32 Å². The Morgan fingerprint density at radius 1 is 1.43 bits per heavy atom. The molecular weight excluding hydrogens is 264 g/mol. The van der Waals surface area contributed by atoms with Crippen LogP contribution >= 0.6 is 0 Å². The van der Waals surface area contributed by atoms with Gasteiger partial charge in [-0.3, -0.25) is 4.79 Å². The third-order valence-electron chi connectivity index (χ3n) is 3.90. The van der Waals surface area contributed by atoms with Gasteiger partial charge < -0.3 is 15.8 Å². The number of primary amides is 1. The molecule has 1 aromatic carbocycles. The molecule has 0 bridgehead atoms. The molecule has 1 atom stereocenters. The Labute approximate surface area is 127 Å². The van der Waals surface area contributed by atoms with Crippen molar-refractivity contribution < 1.29 is 9.53 Å². The lowest BCUT2D eigenvalue weighted by atomic mass is 10.0. The number of carbonyl (C=O) groups excluding carboxylic acids is 1. The summed E-state index contributed by atoms with van der Waals surface area (Å²) in [4.78, 5) is 11.4. The normalized spacial score (nSPS) is 16.0. The summed E-state index contributed by atoms with van der Waals surface area (Å²) in [6.07, 6.45) is 2.89. The molecule has 116 valence electrons. The highest BCUT2D eigenvalue weighted by Gasteiger charge is 2.27. The average molecular weight is 290 g/mol. The van der Waals surface area contributed by atoms with Gasteiger partial charge in [-0.25, -0.2) is 0 Å². The fourth-order valence-corrected chi connectivity index (χ4v) is 2.26. The number of rotatable bonds is 8. The molecule has 1 amide bonds. The number of benzene rings is 1. The number of hydrogen-bond donors (Lipinski definition) is 2. The number of aryl methyl sites for hydroxylation is 1. The molecule has 2 rings (SSSR count). The number of hydrogen-bond acceptors (Lipinski definition) is 3. The fraction of sp³-hybridized carbons (Fsp3) is 0.588. The zero-order chi connectivity index (χ0) is 15.4. The minimum Gasteiger partial charge on any atom is -0.493 e. The molecule has 4 heteroatoms. The van der Waals surface area contributed by atoms with Gasteiger partial charge in [-0.2, -0.15) is 0 Å². The summed E-state index contributed by atoms with van der Waals surface area (Å²) < 4.78 is 5.86. The maximum atomic E-state index is 11.4. The van der Waals surface area contributed by atoms with Crippen LogP contribution in [0.5, 0.6) is 5.75 Å². The molecule has 1 aliphatic carbocycles. The third kappa shape index (κ3) is 4.74. The molecule has 1 aliphatic rings. The first-order valence-corrected chi connectivity index (χ1v) is 7.76. The molecule has 1 saturated carbocycles. The van der Waals surface area contributed by atoms with Gasteiger partial charge in [-0.05, 0) is 42.9 Å². The van der Waals surface area contributed by atoms with Crippen molar-refractivity contribution in [3.8, 4) is 5.75 Å². The Kier molecular flexibility index (Phi) is 5.23. The van der Waals surface area contributed by atoms with Gasteiger partial charge in [0.2, 0.25) is 5.91 Å². The van der Waals surface area contributed by atoms with Gasteiger partial charge in [-0.1, -0.05) is 26.0 Å². The molecule has 0 spiro atoms. The van der Waals surface area contributed by atoms with Gasteiger partial charge in [0.1, 0.15) is 5.75 Å². The zero-order valence-corrected chi connectivity index (χ0v) is 13.2. The standard InChI is InChI=1S/C17H26N2O2/c1-11(2)13-5-4-12(3)16(10-13)21-9-8-15(17(18)20)19-14-6-7-14/h4-5,10-11,14-15,19H,6-9H2,1-3H3,(H2,18,20). The smallest absolute Gasteiger partial charge is 0.234 e. The van der Waals surface area contributed by atoms with Gasteiger partial charge in [0.15, 0.2) is 0 Å². The summed E-state index contributed by atoms with van der Waals surface area (Å²) in [5.41, 5.74) is 7.81. The van der Waals surface area contributed by atoms with Crippen molar-refractivity contribution in [3.05, 3.63) is 29.3 Å². The monoisotopic (exact) mass is 290 g/mol. The van der Waals surface area contributed by atoms with E-state index in [1.165, 1.54) is 5.56 Å². The Bertz CT molecular complexity index is 496. The Morgan fingerprint density at radius 3 is 2.71 bits per heavy atom. The van der Waals surface area contributed by atoms with Gasteiger partial charge in [0.05, 0.1) is 12.6 Å². The van der Waals surface area contributed by atoms with Gasteiger partial charge in [0, 0.05) is 12.5 Å². The molecule has 1 unspecified atom stereocenters. The number of carbonyl (C=O) groups is 1. The van der Waals surface area contributed by atoms with Gasteiger partial charge >= 0.3 is 0 Å². The van der Waals surface area contributed by atoms with Gasteiger partial charge in [-0.15, -0.1) is 0 Å². The van der Waals surface area contributed by atoms with Crippen molar-refractivity contribution in [3.63, 3.8) is 0 Å². The van der Waals surface area contributed by atoms with Crippen LogP contribution < -0.4 is 15.8 Å². The maximum absolute atomic E-state index is 11.4. The van der Waals surface area contributed by atoms with E-state index in [9.17, 15) is 4.79 Å². The molecule has 0 heterocycles. The van der Waals surface area contributed by atoms with Gasteiger partial charge in [0.25, 0.3) is 0 Å². The van der Waals surface area contributed by atoms with E-state index in [1.807, 2.05) is 6.92 Å². The van der Waals surface area contributed by atoms with E-state index in [2.05, 4.69) is 37.4 Å². The van der Waals surface area contributed by atoms with E-state index < -0.39 is 0 Å². The zero-order valence-electron chi connectivity index (χ0n) is 13.2. The number of nitrogens with one attached hydrogen (secondary N) is 1. The predicted octanol–water partition coefficient (Wildman–Crippen LogP) is 2.49. The molecule has 4 nitrogen and oxygen atoms in total. The first-order valence-electron chi connectivity index (χ1n) is 7.76. The van der Waals surface area contributed by atoms with E-state index in [0.29, 0.717) is 25.0 Å². The molecule has 0 aliphatic heterocycles. The van der Waals surface area contributed by atoms with Crippen molar-refractivity contribution >= 4 is 5.91 Å². The number of nitrogens with two attached hydrogens (primary N) is 1. The topological polar surface area (TPSA) is 64.3 Å². The predicted molar refractivity (Wildman–Crippen MR) is 84.5 cm³/mol. The molecular formula is C17H26N2O2. The van der Waals surface area contributed by atoms with E-state index in [0.717, 1.165) is 24.2 Å². The van der Waals surface area contributed by atoms with E-state index in [-0.39, 0.29) is 11.9 Å². The quantitative estimate of drug-likeness (QED) is 0.773. The van der Waals surface area contributed by atoms with Crippen LogP contribution in [0.2, 0.25) is 0 Å². The van der Waals surface area contributed by atoms with Crippen LogP contribution in [0, 0.1) is 6.92 Å². The fourth-order valence-electron chi connectivity index (χ4n) is 2.26. The highest BCUT2D eigenvalue weighted by atomic mass is 16.5. The summed E-state index contributed by atoms with van der Waals surface area (Å²) in [6.45, 7) is 6.86. The maximum Gasteiger partial charge on any atom is 0.234 e. The summed E-state index contributed by atoms with van der Waals surface area (Å²) in [7, 11) is 0. The van der Waals surface area contributed by atoms with Crippen LogP contribution in [0.1, 0.15) is 50.2 Å². The molecule has 0 saturated heterocycles. The second kappa shape index (κ2) is 6.94. The Hall–Kier alpha value is -1.55. The lowest BCUT2D eigenvalue weighted by Gasteiger charge is -2.17. The second-order valence-corrected chi connectivity index (χ2v) is 6.21. The van der Waals surface area contributed by atoms with Crippen LogP contribution in [-0.4, -0.2) is 24.6 Å². The average Bonchev–Trinajstić information content (AvgIpc) is 3.23. The van der Waals surface area contributed by atoms with E-state index >= 15 is 0 Å². The number of ether oxygens (including phenoxy) is 1. The Balaban J connectivity index is 1.89. The van der Waals surface area contributed by atoms with Crippen LogP contribution in [0.15, 0.2) is 18.2 Å². The highest BCUT2D eigenvalue weighted by molar-refractivity contribution is 5.79. The summed E-state index contributed by atoms with van der Waals surface area (Å²) >= 11 is 0. The van der Waals surface area contributed by atoms with Crippen molar-refractivity contribution in [2.75, 3.05) is 6.61 Å². The lowest BCUT2D eigenvalue weighted by Crippen LogP contribution is -2.43. The molecule has 0 aromatic heterocycles. The molecule has 3 N–H and O–H groups in total. The second-order valence-electron chi connectivity index (χ2n) is 6.21. The van der Waals surface area contributed by atoms with E-state index in [1.54, 1.807) is 0 Å². The van der Waals surface area contributed by atoms with Crippen molar-refractivity contribution in [2.24, 2.45) is 5.73 Å². The first-order chi connectivity index (χ1) is 9.97. The van der Waals surface area contributed by atoms with E-state index in [4.69, 9.17) is 10.5 Å². The highest BCUT2D eigenvalue weighted by Crippen LogP contribution is 2.24. The van der Waals surface area contributed by atoms with Crippen LogP contribution in [0.25, 0.3) is 0 Å². The van der Waals surface area contributed by atoms with Crippen molar-refractivity contribution in [1.29, 1.82) is 0 Å². The van der Waals surface area contributed by atoms with Crippen LogP contribution in [0.3, 0.4) is 0 Å². The summed E-state index contributed by atoms with van der Waals surface area (Å²) in [5.74, 6) is 1.08. The van der Waals surface area contributed by atoms with Crippen molar-refractivity contribution in [2.45, 2.75) is 58.0 Å². The molecule has 21 heavy (non-hydrogen) atoms. The third-order valence-corrected chi connectivity index (χ3v) is 3.90. The molecule has 1 fully saturated rings. The summed E-state index contributed by atoms with van der Waals surface area (Å²) in [5, 5.41) is 3.27. The minimum absolute atomic E-state index is 0.286. The summed E-state index contributed by atoms with van der Waals surface area (Å²) in [6, 6.07) is 6.49. The Morgan fingerprint density at radius 2 is 2.14 bits per heavy atom. The molecule has 0 radical (unpaired) electrons. The first kappa shape index (κ1) is 15.8. The SMILES string of the molecule is Cc1ccc(C(C)C)cc1OCCC(NC1CC1)C(N)=O. The largest absolute Gasteiger partial charge is 0.493 e. The lowest BCUT2D eigenvalue weighted by molar-refractivity contribution is -0.120.